The fraction of sp³-hybridized carbons (Fsp3) is 0.172. The highest BCUT2D eigenvalue weighted by Crippen LogP contribution is 2.31. The summed E-state index contributed by atoms with van der Waals surface area (Å²) in [5.41, 5.74) is 3.19. The van der Waals surface area contributed by atoms with E-state index < -0.39 is 23.4 Å². The van der Waals surface area contributed by atoms with E-state index in [1.165, 1.54) is 0 Å². The van der Waals surface area contributed by atoms with Crippen LogP contribution in [0.4, 0.5) is 0 Å². The number of ether oxygens (including phenoxy) is 1. The second-order valence-electron chi connectivity index (χ2n) is 8.31. The average Bonchev–Trinajstić information content (AvgIpc) is 2.90. The van der Waals surface area contributed by atoms with Crippen LogP contribution in [0.25, 0.3) is 0 Å². The number of hydrogen-bond donors (Lipinski definition) is 1. The second-order valence-corrected chi connectivity index (χ2v) is 9.88. The van der Waals surface area contributed by atoms with E-state index >= 15 is 0 Å². The summed E-state index contributed by atoms with van der Waals surface area (Å²) in [5.74, 6) is -0.363. The minimum absolute atomic E-state index is 0.0121. The first-order chi connectivity index (χ1) is 17.5. The van der Waals surface area contributed by atoms with Gasteiger partial charge >= 0.3 is 5.97 Å². The summed E-state index contributed by atoms with van der Waals surface area (Å²) in [4.78, 5) is 23.9. The summed E-state index contributed by atoms with van der Waals surface area (Å²) in [5, 5.41) is 8.77. The maximum absolute atomic E-state index is 12.8. The summed E-state index contributed by atoms with van der Waals surface area (Å²) < 4.78 is 19.7. The molecular formula is C29H27NO5S. The topological polar surface area (TPSA) is 85.6 Å². The summed E-state index contributed by atoms with van der Waals surface area (Å²) >= 11 is 0. The first-order valence-electron chi connectivity index (χ1n) is 11.6. The van der Waals surface area contributed by atoms with Gasteiger partial charge in [0.05, 0.1) is 10.8 Å². The molecule has 6 nitrogen and oxygen atoms in total. The Balaban J connectivity index is 1.48. The molecule has 36 heavy (non-hydrogen) atoms. The van der Waals surface area contributed by atoms with Crippen molar-refractivity contribution in [1.82, 2.24) is 4.57 Å². The van der Waals surface area contributed by atoms with E-state index in [0.717, 1.165) is 16.7 Å². The second kappa shape index (κ2) is 12.1. The predicted molar refractivity (Wildman–Crippen MR) is 140 cm³/mol. The molecule has 0 saturated carbocycles. The Morgan fingerprint density at radius 3 is 2.17 bits per heavy atom. The lowest BCUT2D eigenvalue weighted by atomic mass is 9.86. The van der Waals surface area contributed by atoms with E-state index in [1.54, 1.807) is 34.9 Å². The molecule has 0 saturated heterocycles. The van der Waals surface area contributed by atoms with E-state index in [2.05, 4.69) is 24.3 Å². The minimum atomic E-state index is -1.30. The van der Waals surface area contributed by atoms with Gasteiger partial charge in [-0.05, 0) is 41.3 Å². The largest absolute Gasteiger partial charge is 0.482 e. The van der Waals surface area contributed by atoms with Crippen LogP contribution in [0.3, 0.4) is 0 Å². The van der Waals surface area contributed by atoms with Gasteiger partial charge in [-0.15, -0.1) is 0 Å². The third-order valence-electron chi connectivity index (χ3n) is 5.76. The van der Waals surface area contributed by atoms with E-state index in [4.69, 9.17) is 9.84 Å². The number of carboxylic acid groups (broad SMARTS) is 1. The van der Waals surface area contributed by atoms with E-state index in [-0.39, 0.29) is 11.5 Å². The summed E-state index contributed by atoms with van der Waals surface area (Å²) in [6, 6.07) is 30.5. The lowest BCUT2D eigenvalue weighted by Crippen LogP contribution is -2.21. The SMILES string of the molecule is O=C(O)COc1cccc(S(=O)CCCn2cc(C(c3ccccc3)c3ccccc3)ccc2=O)c1. The number of carbonyl (C=O) groups is 1. The van der Waals surface area contributed by atoms with Crippen molar-refractivity contribution in [2.45, 2.75) is 23.8 Å². The molecule has 7 heteroatoms. The Bertz CT molecular complexity index is 1350. The zero-order valence-electron chi connectivity index (χ0n) is 19.7. The Morgan fingerprint density at radius 2 is 1.53 bits per heavy atom. The molecule has 0 amide bonds. The van der Waals surface area contributed by atoms with Gasteiger partial charge in [0.25, 0.3) is 5.56 Å². The zero-order chi connectivity index (χ0) is 25.3. The predicted octanol–water partition coefficient (Wildman–Crippen LogP) is 4.69. The number of aromatic nitrogens is 1. The molecule has 1 N–H and O–H groups in total. The van der Waals surface area contributed by atoms with Crippen molar-refractivity contribution in [3.05, 3.63) is 130 Å². The first-order valence-corrected chi connectivity index (χ1v) is 13.0. The van der Waals surface area contributed by atoms with Crippen molar-refractivity contribution < 1.29 is 18.8 Å². The van der Waals surface area contributed by atoms with E-state index in [9.17, 15) is 13.8 Å². The zero-order valence-corrected chi connectivity index (χ0v) is 20.5. The number of rotatable bonds is 11. The number of nitrogens with zero attached hydrogens (tertiary/aromatic N) is 1. The summed E-state index contributed by atoms with van der Waals surface area (Å²) in [6.07, 6.45) is 2.44. The van der Waals surface area contributed by atoms with Gasteiger partial charge in [-0.1, -0.05) is 72.8 Å². The fourth-order valence-electron chi connectivity index (χ4n) is 4.10. The molecule has 0 aliphatic carbocycles. The van der Waals surface area contributed by atoms with Crippen LogP contribution in [0.5, 0.6) is 5.75 Å². The lowest BCUT2D eigenvalue weighted by molar-refractivity contribution is -0.139. The maximum atomic E-state index is 12.8. The van der Waals surface area contributed by atoms with Crippen LogP contribution in [-0.2, 0) is 22.1 Å². The molecule has 0 spiro atoms. The number of pyridine rings is 1. The summed E-state index contributed by atoms with van der Waals surface area (Å²) in [7, 11) is -1.30. The number of aryl methyl sites for hydroxylation is 1. The number of benzene rings is 3. The highest BCUT2D eigenvalue weighted by Gasteiger charge is 2.17. The molecule has 0 bridgehead atoms. The fourth-order valence-corrected chi connectivity index (χ4v) is 5.20. The Morgan fingerprint density at radius 1 is 0.861 bits per heavy atom. The molecular weight excluding hydrogens is 474 g/mol. The van der Waals surface area contributed by atoms with Gasteiger partial charge < -0.3 is 14.4 Å². The number of carboxylic acids is 1. The standard InChI is InChI=1S/C29H27NO5S/c31-27-16-15-24(29(22-9-3-1-4-10-22)23-11-5-2-6-12-23)20-30(27)17-8-18-36(34)26-14-7-13-25(19-26)35-21-28(32)33/h1-7,9-16,19-20,29H,8,17-18,21H2,(H,32,33). The van der Waals surface area contributed by atoms with Crippen molar-refractivity contribution in [1.29, 1.82) is 0 Å². The van der Waals surface area contributed by atoms with Gasteiger partial charge in [0.15, 0.2) is 6.61 Å². The van der Waals surface area contributed by atoms with E-state index in [0.29, 0.717) is 29.4 Å². The van der Waals surface area contributed by atoms with Gasteiger partial charge in [0.1, 0.15) is 5.75 Å². The summed E-state index contributed by atoms with van der Waals surface area (Å²) in [6.45, 7) is -0.0216. The highest BCUT2D eigenvalue weighted by molar-refractivity contribution is 7.85. The van der Waals surface area contributed by atoms with Crippen LogP contribution in [0.2, 0.25) is 0 Å². The molecule has 0 radical (unpaired) electrons. The average molecular weight is 502 g/mol. The van der Waals surface area contributed by atoms with Gasteiger partial charge in [-0.25, -0.2) is 4.79 Å². The first kappa shape index (κ1) is 25.1. The van der Waals surface area contributed by atoms with Crippen LogP contribution < -0.4 is 10.3 Å². The Labute approximate surface area is 212 Å². The Kier molecular flexibility index (Phi) is 8.47. The van der Waals surface area contributed by atoms with Crippen LogP contribution in [-0.4, -0.2) is 32.2 Å². The van der Waals surface area contributed by atoms with Crippen LogP contribution in [0, 0.1) is 0 Å². The molecule has 184 valence electrons. The van der Waals surface area contributed by atoms with Gasteiger partial charge in [-0.3, -0.25) is 9.00 Å². The minimum Gasteiger partial charge on any atom is -0.482 e. The molecule has 0 aliphatic heterocycles. The van der Waals surface area contributed by atoms with Gasteiger partial charge in [0, 0.05) is 35.4 Å². The molecule has 1 unspecified atom stereocenters. The molecule has 4 aromatic rings. The Hall–Kier alpha value is -3.97. The molecule has 4 rings (SSSR count). The van der Waals surface area contributed by atoms with E-state index in [1.807, 2.05) is 48.7 Å². The molecule has 1 atom stereocenters. The van der Waals surface area contributed by atoms with Crippen molar-refractivity contribution in [2.24, 2.45) is 0 Å². The highest BCUT2D eigenvalue weighted by atomic mass is 32.2. The van der Waals surface area contributed by atoms with Crippen molar-refractivity contribution in [3.8, 4) is 5.75 Å². The van der Waals surface area contributed by atoms with Crippen LogP contribution >= 0.6 is 0 Å². The van der Waals surface area contributed by atoms with Gasteiger partial charge in [0.2, 0.25) is 0 Å². The number of aliphatic carboxylic acids is 1. The molecule has 3 aromatic carbocycles. The van der Waals surface area contributed by atoms with Gasteiger partial charge in [-0.2, -0.15) is 0 Å². The molecule has 0 fully saturated rings. The quantitative estimate of drug-likeness (QED) is 0.322. The third-order valence-corrected chi connectivity index (χ3v) is 7.20. The molecule has 1 heterocycles. The third kappa shape index (κ3) is 6.58. The number of hydrogen-bond acceptors (Lipinski definition) is 4. The van der Waals surface area contributed by atoms with Crippen molar-refractivity contribution in [3.63, 3.8) is 0 Å². The normalized spacial score (nSPS) is 11.8. The van der Waals surface area contributed by atoms with Crippen molar-refractivity contribution in [2.75, 3.05) is 12.4 Å². The van der Waals surface area contributed by atoms with Crippen molar-refractivity contribution >= 4 is 16.8 Å². The molecule has 1 aromatic heterocycles. The lowest BCUT2D eigenvalue weighted by Gasteiger charge is -2.20. The smallest absolute Gasteiger partial charge is 0.341 e. The maximum Gasteiger partial charge on any atom is 0.341 e. The monoisotopic (exact) mass is 501 g/mol. The van der Waals surface area contributed by atoms with Crippen LogP contribution in [0.15, 0.2) is 113 Å². The van der Waals surface area contributed by atoms with Crippen LogP contribution in [0.1, 0.15) is 29.0 Å². The molecule has 0 aliphatic rings.